The molecule has 4 heterocycles. The van der Waals surface area contributed by atoms with Crippen LogP contribution < -0.4 is 11.1 Å². The number of hydrogen-bond donors (Lipinski definition) is 3. The highest BCUT2D eigenvalue weighted by molar-refractivity contribution is 5.88. The summed E-state index contributed by atoms with van der Waals surface area (Å²) < 4.78 is 0. The quantitative estimate of drug-likeness (QED) is 0.483. The minimum atomic E-state index is -0.169. The zero-order valence-electron chi connectivity index (χ0n) is 15.8. The van der Waals surface area contributed by atoms with Gasteiger partial charge >= 0.3 is 0 Å². The molecule has 5 rings (SSSR count). The minimum absolute atomic E-state index is 0.130. The van der Waals surface area contributed by atoms with Gasteiger partial charge in [-0.2, -0.15) is 0 Å². The van der Waals surface area contributed by atoms with Crippen molar-refractivity contribution in [2.75, 3.05) is 12.3 Å². The van der Waals surface area contributed by atoms with Gasteiger partial charge in [0.1, 0.15) is 12.1 Å². The number of aromatic amines is 1. The van der Waals surface area contributed by atoms with E-state index in [1.54, 1.807) is 6.20 Å². The number of carbonyl (C=O) groups is 1. The van der Waals surface area contributed by atoms with Crippen LogP contribution in [0.2, 0.25) is 0 Å². The number of nitrogens with zero attached hydrogens (tertiary/aromatic N) is 4. The first-order valence-corrected chi connectivity index (χ1v) is 9.60. The summed E-state index contributed by atoms with van der Waals surface area (Å²) in [7, 11) is 0. The highest BCUT2D eigenvalue weighted by Crippen LogP contribution is 2.21. The number of carbonyl (C=O) groups excluding carboxylic acids is 1. The molecule has 29 heavy (non-hydrogen) atoms. The predicted molar refractivity (Wildman–Crippen MR) is 111 cm³/mol. The molecule has 1 aliphatic rings. The Bertz CT molecular complexity index is 1170. The van der Waals surface area contributed by atoms with Gasteiger partial charge < -0.3 is 20.9 Å². The summed E-state index contributed by atoms with van der Waals surface area (Å²) in [5.41, 5.74) is 9.77. The Morgan fingerprint density at radius 1 is 1.24 bits per heavy atom. The highest BCUT2D eigenvalue weighted by Gasteiger charge is 2.31. The van der Waals surface area contributed by atoms with Crippen LogP contribution in [0.1, 0.15) is 17.7 Å². The SMILES string of the molecule is Nc1ncnc2cc(CN3CC[C@H](NCc4cc5ccncc5[nH]4)C3=O)ccc12. The van der Waals surface area contributed by atoms with E-state index in [0.717, 1.165) is 46.0 Å². The number of rotatable bonds is 5. The van der Waals surface area contributed by atoms with Crippen molar-refractivity contribution < 1.29 is 4.79 Å². The fraction of sp³-hybridized carbons (Fsp3) is 0.238. The van der Waals surface area contributed by atoms with Gasteiger partial charge in [0.05, 0.1) is 23.3 Å². The van der Waals surface area contributed by atoms with Gasteiger partial charge in [-0.15, -0.1) is 0 Å². The number of hydrogen-bond acceptors (Lipinski definition) is 6. The maximum atomic E-state index is 12.8. The maximum Gasteiger partial charge on any atom is 0.240 e. The third kappa shape index (κ3) is 3.38. The summed E-state index contributed by atoms with van der Waals surface area (Å²) in [4.78, 5) is 30.4. The molecule has 1 saturated heterocycles. The Morgan fingerprint density at radius 2 is 2.17 bits per heavy atom. The van der Waals surface area contributed by atoms with Crippen molar-refractivity contribution in [2.24, 2.45) is 0 Å². The molecule has 0 spiro atoms. The van der Waals surface area contributed by atoms with Crippen LogP contribution in [-0.4, -0.2) is 43.3 Å². The summed E-state index contributed by atoms with van der Waals surface area (Å²) in [6.45, 7) is 1.91. The lowest BCUT2D eigenvalue weighted by Crippen LogP contribution is -2.37. The number of nitrogens with one attached hydrogen (secondary N) is 2. The number of benzene rings is 1. The number of pyridine rings is 1. The van der Waals surface area contributed by atoms with Crippen LogP contribution in [0.15, 0.2) is 49.1 Å². The fourth-order valence-corrected chi connectivity index (χ4v) is 3.89. The van der Waals surface area contributed by atoms with Crippen LogP contribution in [0.3, 0.4) is 0 Å². The highest BCUT2D eigenvalue weighted by atomic mass is 16.2. The van der Waals surface area contributed by atoms with Gasteiger partial charge in [-0.05, 0) is 36.2 Å². The topological polar surface area (TPSA) is 113 Å². The molecule has 4 aromatic rings. The van der Waals surface area contributed by atoms with E-state index in [1.807, 2.05) is 35.4 Å². The number of H-pyrrole nitrogens is 1. The zero-order chi connectivity index (χ0) is 19.8. The van der Waals surface area contributed by atoms with Crippen molar-refractivity contribution in [3.63, 3.8) is 0 Å². The van der Waals surface area contributed by atoms with Crippen LogP contribution in [0.25, 0.3) is 21.8 Å². The van der Waals surface area contributed by atoms with Crippen molar-refractivity contribution in [3.05, 3.63) is 60.3 Å². The van der Waals surface area contributed by atoms with Crippen molar-refractivity contribution in [1.82, 2.24) is 30.2 Å². The first kappa shape index (κ1) is 17.6. The van der Waals surface area contributed by atoms with Gasteiger partial charge in [-0.1, -0.05) is 6.07 Å². The summed E-state index contributed by atoms with van der Waals surface area (Å²) in [5, 5.41) is 5.33. The molecule has 0 radical (unpaired) electrons. The molecule has 1 aromatic carbocycles. The van der Waals surface area contributed by atoms with Gasteiger partial charge in [-0.25, -0.2) is 9.97 Å². The predicted octanol–water partition coefficient (Wildman–Crippen LogP) is 1.98. The van der Waals surface area contributed by atoms with Gasteiger partial charge in [0.25, 0.3) is 0 Å². The summed E-state index contributed by atoms with van der Waals surface area (Å²) >= 11 is 0. The monoisotopic (exact) mass is 387 g/mol. The number of fused-ring (bicyclic) bond motifs is 2. The molecule has 8 heteroatoms. The molecular formula is C21H21N7O. The van der Waals surface area contributed by atoms with Crippen LogP contribution in [0, 0.1) is 0 Å². The van der Waals surface area contributed by atoms with Crippen molar-refractivity contribution in [3.8, 4) is 0 Å². The second-order valence-electron chi connectivity index (χ2n) is 7.35. The molecule has 1 aliphatic heterocycles. The summed E-state index contributed by atoms with van der Waals surface area (Å²) in [6.07, 6.45) is 5.84. The Labute approximate surface area is 167 Å². The number of nitrogen functional groups attached to an aromatic ring is 1. The summed E-state index contributed by atoms with van der Waals surface area (Å²) in [6, 6.07) is 9.76. The molecule has 1 amide bonds. The van der Waals surface area contributed by atoms with Crippen LogP contribution in [-0.2, 0) is 17.9 Å². The standard InChI is InChI=1S/C21H21N7O/c22-20-16-2-1-13(7-18(16)25-12-26-20)11-28-6-4-17(21(28)29)24-9-15-8-14-3-5-23-10-19(14)27-15/h1-3,5,7-8,10,12,17,24,27H,4,6,9,11H2,(H2,22,25,26)/t17-/m0/s1. The molecule has 0 bridgehead atoms. The van der Waals surface area contributed by atoms with Gasteiger partial charge in [-0.3, -0.25) is 9.78 Å². The third-order valence-corrected chi connectivity index (χ3v) is 5.42. The molecule has 0 unspecified atom stereocenters. The van der Waals surface area contributed by atoms with Crippen molar-refractivity contribution in [2.45, 2.75) is 25.6 Å². The fourth-order valence-electron chi connectivity index (χ4n) is 3.89. The third-order valence-electron chi connectivity index (χ3n) is 5.42. The first-order valence-electron chi connectivity index (χ1n) is 9.60. The molecule has 3 aromatic heterocycles. The van der Waals surface area contributed by atoms with E-state index >= 15 is 0 Å². The van der Waals surface area contributed by atoms with E-state index in [1.165, 1.54) is 6.33 Å². The Balaban J connectivity index is 1.24. The molecule has 1 atom stereocenters. The average molecular weight is 387 g/mol. The van der Waals surface area contributed by atoms with Crippen LogP contribution in [0.5, 0.6) is 0 Å². The Kier molecular flexibility index (Phi) is 4.33. The Hall–Kier alpha value is -3.52. The lowest BCUT2D eigenvalue weighted by molar-refractivity contribution is -0.129. The maximum absolute atomic E-state index is 12.8. The van der Waals surface area contributed by atoms with Gasteiger partial charge in [0.15, 0.2) is 0 Å². The van der Waals surface area contributed by atoms with Gasteiger partial charge in [0.2, 0.25) is 5.91 Å². The van der Waals surface area contributed by atoms with E-state index in [4.69, 9.17) is 5.73 Å². The van der Waals surface area contributed by atoms with Crippen molar-refractivity contribution in [1.29, 1.82) is 0 Å². The minimum Gasteiger partial charge on any atom is -0.383 e. The molecule has 0 saturated carbocycles. The summed E-state index contributed by atoms with van der Waals surface area (Å²) in [5.74, 6) is 0.598. The second-order valence-corrected chi connectivity index (χ2v) is 7.35. The smallest absolute Gasteiger partial charge is 0.240 e. The number of amides is 1. The molecular weight excluding hydrogens is 366 g/mol. The van der Waals surface area contributed by atoms with E-state index in [0.29, 0.717) is 18.9 Å². The van der Waals surface area contributed by atoms with Crippen LogP contribution >= 0.6 is 0 Å². The van der Waals surface area contributed by atoms with Crippen molar-refractivity contribution >= 4 is 33.5 Å². The average Bonchev–Trinajstić information content (AvgIpc) is 3.30. The lowest BCUT2D eigenvalue weighted by atomic mass is 10.1. The lowest BCUT2D eigenvalue weighted by Gasteiger charge is -2.17. The zero-order valence-corrected chi connectivity index (χ0v) is 15.8. The number of likely N-dealkylation sites (tertiary alicyclic amines) is 1. The second kappa shape index (κ2) is 7.14. The van der Waals surface area contributed by atoms with E-state index in [2.05, 4.69) is 31.3 Å². The Morgan fingerprint density at radius 3 is 3.07 bits per heavy atom. The van der Waals surface area contributed by atoms with E-state index in [9.17, 15) is 4.79 Å². The van der Waals surface area contributed by atoms with Gasteiger partial charge in [0, 0.05) is 42.3 Å². The molecule has 0 aliphatic carbocycles. The normalized spacial score (nSPS) is 16.9. The molecule has 1 fully saturated rings. The molecule has 4 N–H and O–H groups in total. The molecule has 8 nitrogen and oxygen atoms in total. The first-order chi connectivity index (χ1) is 14.2. The largest absolute Gasteiger partial charge is 0.383 e. The number of aromatic nitrogens is 4. The molecule has 146 valence electrons. The van der Waals surface area contributed by atoms with E-state index < -0.39 is 0 Å². The number of anilines is 1. The van der Waals surface area contributed by atoms with E-state index in [-0.39, 0.29) is 11.9 Å². The van der Waals surface area contributed by atoms with Crippen LogP contribution in [0.4, 0.5) is 5.82 Å². The number of nitrogens with two attached hydrogens (primary N) is 1.